The molecular formula is C34H35ClN4O7. The zero-order valence-corrected chi connectivity index (χ0v) is 26.5. The second kappa shape index (κ2) is 16.1. The van der Waals surface area contributed by atoms with Crippen molar-refractivity contribution in [2.24, 2.45) is 5.10 Å². The highest BCUT2D eigenvalue weighted by Crippen LogP contribution is 2.34. The number of halogens is 1. The lowest BCUT2D eigenvalue weighted by atomic mass is 9.95. The van der Waals surface area contributed by atoms with E-state index in [1.807, 2.05) is 42.5 Å². The third-order valence-corrected chi connectivity index (χ3v) is 7.21. The number of nitrogens with one attached hydrogen (secondary N) is 3. The van der Waals surface area contributed by atoms with Gasteiger partial charge in [0, 0.05) is 16.3 Å². The molecule has 3 aromatic rings. The van der Waals surface area contributed by atoms with Crippen LogP contribution in [-0.4, -0.2) is 44.4 Å². The number of hydrazone groups is 1. The van der Waals surface area contributed by atoms with Crippen molar-refractivity contribution in [2.75, 3.05) is 20.3 Å². The maximum absolute atomic E-state index is 12.6. The highest BCUT2D eigenvalue weighted by Gasteiger charge is 2.32. The molecule has 0 radical (unpaired) electrons. The molecule has 1 atom stereocenters. The molecule has 3 N–H and O–H groups in total. The van der Waals surface area contributed by atoms with Gasteiger partial charge < -0.3 is 29.6 Å². The summed E-state index contributed by atoms with van der Waals surface area (Å²) in [6.45, 7) is 7.31. The Hall–Kier alpha value is -5.29. The summed E-state index contributed by atoms with van der Waals surface area (Å²) in [5.74, 6) is 0.227. The second-order valence-electron chi connectivity index (χ2n) is 10.0. The number of benzene rings is 3. The standard InChI is InChI=1S/C34H35ClN4O7/c1-5-9-23-16-22(12-14-27(23)45-19-25-10-7-8-11-26(25)35)18-36-39-30(40)20-46-28-15-13-24(17-29(28)43-4)32-31(33(41)44-6-2)21(3)37-34(42)38-32/h5,7-8,10-18,32H,1,6,9,19-20H2,2-4H3,(H,39,40)(H2,37,38,42)/b36-18-/t32-/m0/s1. The molecule has 240 valence electrons. The third-order valence-electron chi connectivity index (χ3n) is 6.84. The van der Waals surface area contributed by atoms with Gasteiger partial charge >= 0.3 is 12.0 Å². The number of nitrogens with zero attached hydrogens (tertiary/aromatic N) is 1. The van der Waals surface area contributed by atoms with Crippen molar-refractivity contribution < 1.29 is 33.3 Å². The molecule has 46 heavy (non-hydrogen) atoms. The van der Waals surface area contributed by atoms with E-state index >= 15 is 0 Å². The molecule has 0 bridgehead atoms. The van der Waals surface area contributed by atoms with E-state index in [9.17, 15) is 14.4 Å². The molecule has 12 heteroatoms. The van der Waals surface area contributed by atoms with Crippen LogP contribution >= 0.6 is 11.6 Å². The average Bonchev–Trinajstić information content (AvgIpc) is 3.04. The van der Waals surface area contributed by atoms with E-state index in [4.69, 9.17) is 30.5 Å². The SMILES string of the molecule is C=CCc1cc(/C=N\NC(=O)COc2ccc([C@@H]3NC(=O)NC(C)=C3C(=O)OCC)cc2OC)ccc1OCc1ccccc1Cl. The molecule has 1 aliphatic heterocycles. The van der Waals surface area contributed by atoms with E-state index in [2.05, 4.69) is 27.7 Å². The summed E-state index contributed by atoms with van der Waals surface area (Å²) < 4.78 is 22.3. The van der Waals surface area contributed by atoms with Crippen molar-refractivity contribution in [3.63, 3.8) is 0 Å². The van der Waals surface area contributed by atoms with Crippen LogP contribution in [0.5, 0.6) is 17.2 Å². The van der Waals surface area contributed by atoms with E-state index in [0.29, 0.717) is 40.8 Å². The molecule has 0 unspecified atom stereocenters. The highest BCUT2D eigenvalue weighted by molar-refractivity contribution is 6.31. The molecule has 11 nitrogen and oxygen atoms in total. The van der Waals surface area contributed by atoms with Gasteiger partial charge in [0.05, 0.1) is 31.5 Å². The first-order valence-electron chi connectivity index (χ1n) is 14.4. The summed E-state index contributed by atoms with van der Waals surface area (Å²) in [6.07, 6.45) is 3.87. The number of methoxy groups -OCH3 is 1. The minimum atomic E-state index is -0.775. The molecule has 4 rings (SSSR count). The minimum Gasteiger partial charge on any atom is -0.493 e. The summed E-state index contributed by atoms with van der Waals surface area (Å²) in [5.41, 5.74) is 6.19. The maximum atomic E-state index is 12.6. The van der Waals surface area contributed by atoms with E-state index in [1.54, 1.807) is 38.1 Å². The lowest BCUT2D eigenvalue weighted by Gasteiger charge is -2.28. The number of hydrogen-bond donors (Lipinski definition) is 3. The van der Waals surface area contributed by atoms with Gasteiger partial charge in [0.25, 0.3) is 5.91 Å². The smallest absolute Gasteiger partial charge is 0.338 e. The summed E-state index contributed by atoms with van der Waals surface area (Å²) >= 11 is 6.25. The van der Waals surface area contributed by atoms with Crippen molar-refractivity contribution >= 4 is 35.7 Å². The topological polar surface area (TPSA) is 137 Å². The normalized spacial score (nSPS) is 14.3. The van der Waals surface area contributed by atoms with E-state index < -0.39 is 23.9 Å². The molecular weight excluding hydrogens is 612 g/mol. The minimum absolute atomic E-state index is 0.182. The van der Waals surface area contributed by atoms with E-state index in [-0.39, 0.29) is 24.5 Å². The number of ether oxygens (including phenoxy) is 4. The maximum Gasteiger partial charge on any atom is 0.338 e. The Labute approximate surface area is 272 Å². The van der Waals surface area contributed by atoms with Gasteiger partial charge in [0.1, 0.15) is 12.4 Å². The molecule has 0 saturated carbocycles. The van der Waals surface area contributed by atoms with Gasteiger partial charge in [-0.3, -0.25) is 4.79 Å². The van der Waals surface area contributed by atoms with Gasteiger partial charge in [-0.2, -0.15) is 5.10 Å². The Kier molecular flexibility index (Phi) is 11.8. The first-order valence-corrected chi connectivity index (χ1v) is 14.8. The van der Waals surface area contributed by atoms with Gasteiger partial charge in [-0.1, -0.05) is 41.9 Å². The van der Waals surface area contributed by atoms with Crippen molar-refractivity contribution in [2.45, 2.75) is 32.9 Å². The van der Waals surface area contributed by atoms with E-state index in [0.717, 1.165) is 16.7 Å². The fraction of sp³-hybridized carbons (Fsp3) is 0.235. The van der Waals surface area contributed by atoms with Gasteiger partial charge in [-0.25, -0.2) is 15.0 Å². The van der Waals surface area contributed by atoms with Crippen LogP contribution in [0.1, 0.15) is 42.1 Å². The molecule has 0 fully saturated rings. The number of amides is 3. The number of urea groups is 1. The van der Waals surface area contributed by atoms with Crippen LogP contribution in [0.25, 0.3) is 0 Å². The van der Waals surface area contributed by atoms with Crippen molar-refractivity contribution in [1.29, 1.82) is 0 Å². The number of hydrogen-bond acceptors (Lipinski definition) is 8. The Morgan fingerprint density at radius 2 is 1.83 bits per heavy atom. The predicted molar refractivity (Wildman–Crippen MR) is 174 cm³/mol. The summed E-state index contributed by atoms with van der Waals surface area (Å²) in [6, 6.07) is 16.7. The molecule has 0 aliphatic carbocycles. The molecule has 1 heterocycles. The predicted octanol–water partition coefficient (Wildman–Crippen LogP) is 5.38. The number of carbonyl (C=O) groups excluding carboxylic acids is 3. The Bertz CT molecular complexity index is 1670. The Morgan fingerprint density at radius 3 is 2.57 bits per heavy atom. The van der Waals surface area contributed by atoms with Crippen LogP contribution in [0.4, 0.5) is 4.79 Å². The molecule has 0 spiro atoms. The lowest BCUT2D eigenvalue weighted by molar-refractivity contribution is -0.139. The number of carbonyl (C=O) groups is 3. The van der Waals surface area contributed by atoms with Crippen LogP contribution < -0.4 is 30.3 Å². The fourth-order valence-electron chi connectivity index (χ4n) is 4.67. The first kappa shape index (κ1) is 33.6. The average molecular weight is 647 g/mol. The van der Waals surface area contributed by atoms with Crippen molar-refractivity contribution in [3.05, 3.63) is 112 Å². The van der Waals surface area contributed by atoms with Gasteiger partial charge in [-0.05, 0) is 73.4 Å². The third kappa shape index (κ3) is 8.66. The van der Waals surface area contributed by atoms with Crippen LogP contribution in [0.15, 0.2) is 89.7 Å². The second-order valence-corrected chi connectivity index (χ2v) is 10.4. The first-order chi connectivity index (χ1) is 22.2. The number of allylic oxidation sites excluding steroid dienone is 2. The summed E-state index contributed by atoms with van der Waals surface area (Å²) in [4.78, 5) is 37.3. The van der Waals surface area contributed by atoms with E-state index in [1.165, 1.54) is 13.3 Å². The van der Waals surface area contributed by atoms with Crippen LogP contribution in [0.3, 0.4) is 0 Å². The molecule has 1 aliphatic rings. The largest absolute Gasteiger partial charge is 0.493 e. The molecule has 0 saturated heterocycles. The highest BCUT2D eigenvalue weighted by atomic mass is 35.5. The van der Waals surface area contributed by atoms with Gasteiger partial charge in [0.2, 0.25) is 0 Å². The lowest BCUT2D eigenvalue weighted by Crippen LogP contribution is -2.45. The fourth-order valence-corrected chi connectivity index (χ4v) is 4.86. The van der Waals surface area contributed by atoms with Crippen LogP contribution in [0, 0.1) is 0 Å². The summed E-state index contributed by atoms with van der Waals surface area (Å²) in [7, 11) is 1.44. The van der Waals surface area contributed by atoms with Gasteiger partial charge in [0.15, 0.2) is 18.1 Å². The molecule has 3 aromatic carbocycles. The zero-order chi connectivity index (χ0) is 33.1. The van der Waals surface area contributed by atoms with Crippen molar-refractivity contribution in [3.8, 4) is 17.2 Å². The number of esters is 1. The molecule has 3 amide bonds. The monoisotopic (exact) mass is 646 g/mol. The van der Waals surface area contributed by atoms with Crippen LogP contribution in [0.2, 0.25) is 5.02 Å². The zero-order valence-electron chi connectivity index (χ0n) is 25.7. The Morgan fingerprint density at radius 1 is 1.04 bits per heavy atom. The Balaban J connectivity index is 1.37. The quantitative estimate of drug-likeness (QED) is 0.0926. The van der Waals surface area contributed by atoms with Crippen molar-refractivity contribution in [1.82, 2.24) is 16.1 Å². The van der Waals surface area contributed by atoms with Gasteiger partial charge in [-0.15, -0.1) is 6.58 Å². The van der Waals surface area contributed by atoms with Crippen LogP contribution in [-0.2, 0) is 27.4 Å². The summed E-state index contributed by atoms with van der Waals surface area (Å²) in [5, 5.41) is 10.0. The number of rotatable bonds is 14. The molecule has 0 aromatic heterocycles.